The Morgan fingerprint density at radius 1 is 1.24 bits per heavy atom. The van der Waals surface area contributed by atoms with E-state index in [0.717, 1.165) is 11.1 Å². The Kier molecular flexibility index (Phi) is 4.07. The Labute approximate surface area is 122 Å². The van der Waals surface area contributed by atoms with Gasteiger partial charge in [-0.05, 0) is 19.4 Å². The summed E-state index contributed by atoms with van der Waals surface area (Å²) in [6, 6.07) is 4.38. The second-order valence-electron chi connectivity index (χ2n) is 5.07. The topological polar surface area (TPSA) is 84.2 Å². The molecule has 0 aliphatic carbocycles. The van der Waals surface area contributed by atoms with E-state index in [1.807, 2.05) is 19.9 Å². The van der Waals surface area contributed by atoms with E-state index in [-0.39, 0.29) is 0 Å². The standard InChI is InChI=1S/C15H17N3O3/c1-9-4-10(2)6-11(5-9)13(15(20)21)17-14(19)12-7-16-18(3)8-12/h4-8,13H,1-3H3,(H,17,19)(H,20,21). The largest absolute Gasteiger partial charge is 0.479 e. The second-order valence-corrected chi connectivity index (χ2v) is 5.07. The Bertz CT molecular complexity index is 671. The molecular formula is C15H17N3O3. The molecule has 0 radical (unpaired) electrons. The third-order valence-corrected chi connectivity index (χ3v) is 3.07. The number of nitrogens with zero attached hydrogens (tertiary/aromatic N) is 2. The molecule has 2 aromatic rings. The van der Waals surface area contributed by atoms with Gasteiger partial charge in [0.05, 0.1) is 11.8 Å². The van der Waals surface area contributed by atoms with E-state index in [4.69, 9.17) is 0 Å². The summed E-state index contributed by atoms with van der Waals surface area (Å²) in [7, 11) is 1.69. The zero-order valence-corrected chi connectivity index (χ0v) is 12.1. The maximum atomic E-state index is 12.1. The second kappa shape index (κ2) is 5.78. The Morgan fingerprint density at radius 2 is 1.86 bits per heavy atom. The van der Waals surface area contributed by atoms with Crippen LogP contribution in [0.3, 0.4) is 0 Å². The van der Waals surface area contributed by atoms with Crippen molar-refractivity contribution >= 4 is 11.9 Å². The number of nitrogens with one attached hydrogen (secondary N) is 1. The molecule has 0 bridgehead atoms. The summed E-state index contributed by atoms with van der Waals surface area (Å²) >= 11 is 0. The predicted octanol–water partition coefficient (Wildman–Crippen LogP) is 1.59. The van der Waals surface area contributed by atoms with Gasteiger partial charge in [-0.25, -0.2) is 4.79 Å². The van der Waals surface area contributed by atoms with E-state index in [0.29, 0.717) is 11.1 Å². The smallest absolute Gasteiger partial charge is 0.330 e. The van der Waals surface area contributed by atoms with Crippen molar-refractivity contribution in [2.75, 3.05) is 0 Å². The first kappa shape index (κ1) is 14.8. The molecule has 0 aliphatic heterocycles. The maximum Gasteiger partial charge on any atom is 0.330 e. The number of carboxylic acid groups (broad SMARTS) is 1. The third kappa shape index (κ3) is 3.47. The Morgan fingerprint density at radius 3 is 2.33 bits per heavy atom. The monoisotopic (exact) mass is 287 g/mol. The molecule has 1 aromatic carbocycles. The van der Waals surface area contributed by atoms with Gasteiger partial charge in [0, 0.05) is 13.2 Å². The molecular weight excluding hydrogens is 270 g/mol. The van der Waals surface area contributed by atoms with Crippen LogP contribution in [0.4, 0.5) is 0 Å². The van der Waals surface area contributed by atoms with Crippen LogP contribution in [0.5, 0.6) is 0 Å². The maximum absolute atomic E-state index is 12.1. The fourth-order valence-electron chi connectivity index (χ4n) is 2.22. The zero-order chi connectivity index (χ0) is 15.6. The number of aromatic nitrogens is 2. The molecule has 6 nitrogen and oxygen atoms in total. The minimum atomic E-state index is -1.10. The molecule has 0 saturated heterocycles. The fraction of sp³-hybridized carbons (Fsp3) is 0.267. The molecule has 1 heterocycles. The SMILES string of the molecule is Cc1cc(C)cc(C(NC(=O)c2cnn(C)c2)C(=O)O)c1. The van der Waals surface area contributed by atoms with Gasteiger partial charge >= 0.3 is 5.97 Å². The fourth-order valence-corrected chi connectivity index (χ4v) is 2.22. The van der Waals surface area contributed by atoms with Gasteiger partial charge in [-0.15, -0.1) is 0 Å². The van der Waals surface area contributed by atoms with Crippen LogP contribution in [0.25, 0.3) is 0 Å². The van der Waals surface area contributed by atoms with Crippen molar-refractivity contribution in [1.29, 1.82) is 0 Å². The molecule has 1 unspecified atom stereocenters. The number of aryl methyl sites for hydroxylation is 3. The summed E-state index contributed by atoms with van der Waals surface area (Å²) in [5.41, 5.74) is 2.78. The highest BCUT2D eigenvalue weighted by Crippen LogP contribution is 2.18. The van der Waals surface area contributed by atoms with Crippen LogP contribution < -0.4 is 5.32 Å². The van der Waals surface area contributed by atoms with Crippen molar-refractivity contribution in [3.8, 4) is 0 Å². The molecule has 2 N–H and O–H groups in total. The molecule has 0 fully saturated rings. The lowest BCUT2D eigenvalue weighted by Gasteiger charge is -2.15. The molecule has 1 aromatic heterocycles. The number of rotatable bonds is 4. The van der Waals surface area contributed by atoms with E-state index in [2.05, 4.69) is 10.4 Å². The molecule has 1 atom stereocenters. The Hall–Kier alpha value is -2.63. The van der Waals surface area contributed by atoms with Gasteiger partial charge in [0.1, 0.15) is 0 Å². The quantitative estimate of drug-likeness (QED) is 0.894. The van der Waals surface area contributed by atoms with Crippen molar-refractivity contribution in [2.45, 2.75) is 19.9 Å². The summed E-state index contributed by atoms with van der Waals surface area (Å²) in [6.07, 6.45) is 2.94. The molecule has 0 saturated carbocycles. The van der Waals surface area contributed by atoms with Crippen LogP contribution in [0, 0.1) is 13.8 Å². The lowest BCUT2D eigenvalue weighted by atomic mass is 10.0. The van der Waals surface area contributed by atoms with Crippen molar-refractivity contribution in [3.63, 3.8) is 0 Å². The molecule has 21 heavy (non-hydrogen) atoms. The van der Waals surface area contributed by atoms with E-state index in [9.17, 15) is 14.7 Å². The van der Waals surface area contributed by atoms with Gasteiger partial charge in [-0.1, -0.05) is 29.3 Å². The number of carboxylic acids is 1. The lowest BCUT2D eigenvalue weighted by molar-refractivity contribution is -0.139. The predicted molar refractivity (Wildman–Crippen MR) is 77.0 cm³/mol. The van der Waals surface area contributed by atoms with E-state index < -0.39 is 17.9 Å². The van der Waals surface area contributed by atoms with Gasteiger partial charge in [-0.3, -0.25) is 9.48 Å². The molecule has 0 aliphatic rings. The normalized spacial score (nSPS) is 12.0. The van der Waals surface area contributed by atoms with Crippen LogP contribution in [0.15, 0.2) is 30.6 Å². The van der Waals surface area contributed by atoms with Crippen LogP contribution in [0.2, 0.25) is 0 Å². The van der Waals surface area contributed by atoms with Crippen LogP contribution in [0.1, 0.15) is 33.1 Å². The van der Waals surface area contributed by atoms with Gasteiger partial charge in [0.15, 0.2) is 6.04 Å². The van der Waals surface area contributed by atoms with E-state index in [1.54, 1.807) is 19.2 Å². The number of carbonyl (C=O) groups excluding carboxylic acids is 1. The first-order valence-electron chi connectivity index (χ1n) is 6.47. The van der Waals surface area contributed by atoms with E-state index in [1.165, 1.54) is 17.1 Å². The van der Waals surface area contributed by atoms with Crippen molar-refractivity contribution in [2.24, 2.45) is 7.05 Å². The zero-order valence-electron chi connectivity index (χ0n) is 12.1. The van der Waals surface area contributed by atoms with E-state index >= 15 is 0 Å². The van der Waals surface area contributed by atoms with Gasteiger partial charge in [0.2, 0.25) is 0 Å². The highest BCUT2D eigenvalue weighted by Gasteiger charge is 2.23. The van der Waals surface area contributed by atoms with Gasteiger partial charge in [-0.2, -0.15) is 5.10 Å². The van der Waals surface area contributed by atoms with Crippen LogP contribution >= 0.6 is 0 Å². The summed E-state index contributed by atoms with van der Waals surface area (Å²) in [5.74, 6) is -1.56. The molecule has 2 rings (SSSR count). The number of carbonyl (C=O) groups is 2. The number of benzene rings is 1. The number of hydrogen-bond acceptors (Lipinski definition) is 3. The summed E-state index contributed by atoms with van der Waals surface area (Å²) in [5, 5.41) is 15.8. The minimum absolute atomic E-state index is 0.327. The average Bonchev–Trinajstić information content (AvgIpc) is 2.80. The van der Waals surface area contributed by atoms with Crippen molar-refractivity contribution in [1.82, 2.24) is 15.1 Å². The molecule has 6 heteroatoms. The number of hydrogen-bond donors (Lipinski definition) is 2. The Balaban J connectivity index is 2.27. The molecule has 110 valence electrons. The average molecular weight is 287 g/mol. The molecule has 1 amide bonds. The molecule has 0 spiro atoms. The highest BCUT2D eigenvalue weighted by molar-refractivity contribution is 5.96. The lowest BCUT2D eigenvalue weighted by Crippen LogP contribution is -2.33. The summed E-state index contributed by atoms with van der Waals surface area (Å²) in [6.45, 7) is 3.77. The van der Waals surface area contributed by atoms with Crippen molar-refractivity contribution < 1.29 is 14.7 Å². The number of amides is 1. The van der Waals surface area contributed by atoms with Gasteiger partial charge < -0.3 is 10.4 Å². The summed E-state index contributed by atoms with van der Waals surface area (Å²) in [4.78, 5) is 23.5. The van der Waals surface area contributed by atoms with Crippen LogP contribution in [-0.2, 0) is 11.8 Å². The first-order valence-corrected chi connectivity index (χ1v) is 6.47. The minimum Gasteiger partial charge on any atom is -0.479 e. The third-order valence-electron chi connectivity index (χ3n) is 3.07. The highest BCUT2D eigenvalue weighted by atomic mass is 16.4. The number of aliphatic carboxylic acids is 1. The van der Waals surface area contributed by atoms with Crippen LogP contribution in [-0.4, -0.2) is 26.8 Å². The summed E-state index contributed by atoms with van der Waals surface area (Å²) < 4.78 is 1.49. The van der Waals surface area contributed by atoms with Gasteiger partial charge in [0.25, 0.3) is 5.91 Å². The van der Waals surface area contributed by atoms with Crippen molar-refractivity contribution in [3.05, 3.63) is 52.8 Å². The first-order chi connectivity index (χ1) is 9.86.